The number of carbonyl (C=O) groups excluding carboxylic acids is 1. The van der Waals surface area contributed by atoms with Crippen molar-refractivity contribution in [3.8, 4) is 5.75 Å². The normalized spacial score (nSPS) is 16.9. The van der Waals surface area contributed by atoms with Crippen LogP contribution in [0.1, 0.15) is 0 Å². The predicted octanol–water partition coefficient (Wildman–Crippen LogP) is 2.95. The largest absolute Gasteiger partial charge is 0.497 e. The summed E-state index contributed by atoms with van der Waals surface area (Å²) in [5.41, 5.74) is 3.10. The Labute approximate surface area is 188 Å². The lowest BCUT2D eigenvalue weighted by molar-refractivity contribution is -0.129. The minimum atomic E-state index is 0.0993. The first-order valence-electron chi connectivity index (χ1n) is 10.7. The number of benzene rings is 2. The van der Waals surface area contributed by atoms with E-state index in [1.54, 1.807) is 7.11 Å². The molecule has 2 fully saturated rings. The van der Waals surface area contributed by atoms with E-state index in [4.69, 9.17) is 21.1 Å². The minimum Gasteiger partial charge on any atom is -0.497 e. The molecule has 2 aliphatic rings. The maximum Gasteiger partial charge on any atom is 0.241 e. The van der Waals surface area contributed by atoms with Crippen LogP contribution in [0.5, 0.6) is 5.75 Å². The van der Waals surface area contributed by atoms with Gasteiger partial charge in [-0.1, -0.05) is 11.6 Å². The molecule has 2 heterocycles. The molecule has 0 bridgehead atoms. The van der Waals surface area contributed by atoms with Gasteiger partial charge in [-0.2, -0.15) is 0 Å². The highest BCUT2D eigenvalue weighted by atomic mass is 35.5. The number of hydrogen-bond donors (Lipinski definition) is 1. The Bertz CT molecular complexity index is 879. The summed E-state index contributed by atoms with van der Waals surface area (Å²) in [5.74, 6) is 0.948. The molecule has 0 aliphatic carbocycles. The summed E-state index contributed by atoms with van der Waals surface area (Å²) < 4.78 is 10.7. The van der Waals surface area contributed by atoms with Crippen molar-refractivity contribution >= 4 is 34.6 Å². The first kappa shape index (κ1) is 21.6. The number of hydrogen-bond acceptors (Lipinski definition) is 6. The molecule has 7 nitrogen and oxygen atoms in total. The van der Waals surface area contributed by atoms with Crippen molar-refractivity contribution in [3.63, 3.8) is 0 Å². The zero-order valence-corrected chi connectivity index (χ0v) is 18.6. The van der Waals surface area contributed by atoms with Gasteiger partial charge in [0, 0.05) is 50.0 Å². The number of ether oxygens (including phenoxy) is 2. The van der Waals surface area contributed by atoms with Gasteiger partial charge in [0.2, 0.25) is 5.91 Å². The standard InChI is InChI=1S/C23H29ClN4O3/c1-30-20-5-3-19(4-6-20)26-8-10-28(11-9-26)23(29)17-25-21-16-18(24)2-7-22(21)27-12-14-31-15-13-27/h2-7,16,25H,8-15,17H2,1H3. The van der Waals surface area contributed by atoms with Crippen LogP contribution >= 0.6 is 11.6 Å². The van der Waals surface area contributed by atoms with Gasteiger partial charge in [-0.25, -0.2) is 0 Å². The third-order valence-corrected chi connectivity index (χ3v) is 6.05. The fourth-order valence-electron chi connectivity index (χ4n) is 4.02. The van der Waals surface area contributed by atoms with Gasteiger partial charge >= 0.3 is 0 Å². The molecule has 2 aromatic rings. The summed E-state index contributed by atoms with van der Waals surface area (Å²) in [6.45, 7) is 6.37. The van der Waals surface area contributed by atoms with Crippen LogP contribution < -0.4 is 19.9 Å². The number of anilines is 3. The maximum absolute atomic E-state index is 12.8. The highest BCUT2D eigenvalue weighted by Crippen LogP contribution is 2.30. The monoisotopic (exact) mass is 444 g/mol. The molecule has 0 spiro atoms. The van der Waals surface area contributed by atoms with Gasteiger partial charge in [-0.15, -0.1) is 0 Å². The van der Waals surface area contributed by atoms with Crippen molar-refractivity contribution in [2.24, 2.45) is 0 Å². The molecule has 8 heteroatoms. The molecule has 31 heavy (non-hydrogen) atoms. The third kappa shape index (κ3) is 5.35. The molecule has 2 saturated heterocycles. The van der Waals surface area contributed by atoms with Crippen molar-refractivity contribution < 1.29 is 14.3 Å². The number of methoxy groups -OCH3 is 1. The zero-order valence-electron chi connectivity index (χ0n) is 17.8. The minimum absolute atomic E-state index is 0.0993. The molecule has 1 amide bonds. The number of morpholine rings is 1. The fraction of sp³-hybridized carbons (Fsp3) is 0.435. The quantitative estimate of drug-likeness (QED) is 0.739. The Morgan fingerprint density at radius 3 is 2.39 bits per heavy atom. The van der Waals surface area contributed by atoms with Crippen LogP contribution in [0, 0.1) is 0 Å². The zero-order chi connectivity index (χ0) is 21.6. The second kappa shape index (κ2) is 10.1. The predicted molar refractivity (Wildman–Crippen MR) is 125 cm³/mol. The van der Waals surface area contributed by atoms with Crippen LogP contribution in [0.2, 0.25) is 5.02 Å². The molecule has 0 unspecified atom stereocenters. The van der Waals surface area contributed by atoms with E-state index < -0.39 is 0 Å². The molecule has 166 valence electrons. The number of rotatable bonds is 6. The van der Waals surface area contributed by atoms with Crippen LogP contribution in [0.15, 0.2) is 42.5 Å². The molecule has 4 rings (SSSR count). The van der Waals surface area contributed by atoms with Crippen LogP contribution in [0.25, 0.3) is 0 Å². The van der Waals surface area contributed by atoms with Gasteiger partial charge in [0.05, 0.1) is 38.2 Å². The number of halogens is 1. The Hall–Kier alpha value is -2.64. The van der Waals surface area contributed by atoms with Crippen LogP contribution in [0.4, 0.5) is 17.1 Å². The van der Waals surface area contributed by atoms with E-state index in [0.717, 1.165) is 49.0 Å². The van der Waals surface area contributed by atoms with Crippen LogP contribution in [0.3, 0.4) is 0 Å². The molecular formula is C23H29ClN4O3. The summed E-state index contributed by atoms with van der Waals surface area (Å²) in [5, 5.41) is 3.97. The summed E-state index contributed by atoms with van der Waals surface area (Å²) in [4.78, 5) is 19.3. The van der Waals surface area contributed by atoms with Gasteiger partial charge in [0.25, 0.3) is 0 Å². The first-order chi connectivity index (χ1) is 15.1. The molecule has 0 aromatic heterocycles. The van der Waals surface area contributed by atoms with Crippen molar-refractivity contribution in [1.82, 2.24) is 4.90 Å². The average Bonchev–Trinajstić information content (AvgIpc) is 2.83. The van der Waals surface area contributed by atoms with Gasteiger partial charge in [-0.3, -0.25) is 4.79 Å². The summed E-state index contributed by atoms with van der Waals surface area (Å²) in [6, 6.07) is 13.8. The summed E-state index contributed by atoms with van der Waals surface area (Å²) in [7, 11) is 1.67. The van der Waals surface area contributed by atoms with Gasteiger partial charge in [0.15, 0.2) is 0 Å². The van der Waals surface area contributed by atoms with E-state index in [0.29, 0.717) is 31.3 Å². The van der Waals surface area contributed by atoms with E-state index in [9.17, 15) is 4.79 Å². The molecule has 0 saturated carbocycles. The van der Waals surface area contributed by atoms with Gasteiger partial charge < -0.3 is 29.5 Å². The maximum atomic E-state index is 12.8. The smallest absolute Gasteiger partial charge is 0.241 e. The topological polar surface area (TPSA) is 57.3 Å². The molecular weight excluding hydrogens is 416 g/mol. The molecule has 2 aliphatic heterocycles. The molecule has 0 radical (unpaired) electrons. The second-order valence-corrected chi connectivity index (χ2v) is 8.12. The summed E-state index contributed by atoms with van der Waals surface area (Å²) in [6.07, 6.45) is 0. The second-order valence-electron chi connectivity index (χ2n) is 7.68. The van der Waals surface area contributed by atoms with Gasteiger partial charge in [0.1, 0.15) is 5.75 Å². The molecule has 0 atom stereocenters. The lowest BCUT2D eigenvalue weighted by Gasteiger charge is -2.36. The van der Waals surface area contributed by atoms with Crippen LogP contribution in [-0.4, -0.2) is 76.9 Å². The van der Waals surface area contributed by atoms with E-state index in [-0.39, 0.29) is 12.5 Å². The van der Waals surface area contributed by atoms with Crippen molar-refractivity contribution in [3.05, 3.63) is 47.5 Å². The van der Waals surface area contributed by atoms with Crippen molar-refractivity contribution in [2.75, 3.05) is 81.3 Å². The Kier molecular flexibility index (Phi) is 7.04. The SMILES string of the molecule is COc1ccc(N2CCN(C(=O)CNc3cc(Cl)ccc3N3CCOCC3)CC2)cc1. The van der Waals surface area contributed by atoms with E-state index in [1.165, 1.54) is 0 Å². The molecule has 2 aromatic carbocycles. The highest BCUT2D eigenvalue weighted by Gasteiger charge is 2.22. The Morgan fingerprint density at radius 1 is 1.00 bits per heavy atom. The van der Waals surface area contributed by atoms with E-state index in [1.807, 2.05) is 35.2 Å². The first-order valence-corrected chi connectivity index (χ1v) is 11.0. The number of piperazine rings is 1. The van der Waals surface area contributed by atoms with Gasteiger partial charge in [-0.05, 0) is 42.5 Å². The fourth-order valence-corrected chi connectivity index (χ4v) is 4.19. The number of nitrogens with one attached hydrogen (secondary N) is 1. The summed E-state index contributed by atoms with van der Waals surface area (Å²) >= 11 is 6.22. The van der Waals surface area contributed by atoms with Crippen molar-refractivity contribution in [2.45, 2.75) is 0 Å². The van der Waals surface area contributed by atoms with Crippen molar-refractivity contribution in [1.29, 1.82) is 0 Å². The molecule has 1 N–H and O–H groups in total. The van der Waals surface area contributed by atoms with E-state index >= 15 is 0 Å². The lowest BCUT2D eigenvalue weighted by atomic mass is 10.2. The van der Waals surface area contributed by atoms with E-state index in [2.05, 4.69) is 27.2 Å². The Balaban J connectivity index is 1.32. The number of carbonyl (C=O) groups is 1. The number of nitrogens with zero attached hydrogens (tertiary/aromatic N) is 3. The lowest BCUT2D eigenvalue weighted by Crippen LogP contribution is -2.50. The highest BCUT2D eigenvalue weighted by molar-refractivity contribution is 6.31. The average molecular weight is 445 g/mol. The third-order valence-electron chi connectivity index (χ3n) is 5.81. The number of amides is 1. The Morgan fingerprint density at radius 2 is 1.71 bits per heavy atom. The van der Waals surface area contributed by atoms with Crippen LogP contribution in [-0.2, 0) is 9.53 Å².